The van der Waals surface area contributed by atoms with Crippen molar-refractivity contribution in [3.8, 4) is 0 Å². The maximum absolute atomic E-state index is 12.8. The van der Waals surface area contributed by atoms with Crippen molar-refractivity contribution in [2.45, 2.75) is 270 Å². The topological polar surface area (TPSA) is 108 Å². The fraction of sp³-hybridized carbons (Fsp3) is 0.907. The van der Waals surface area contributed by atoms with Crippen molar-refractivity contribution < 1.29 is 42.9 Å². The smallest absolute Gasteiger partial charge is 0.361 e. The van der Waals surface area contributed by atoms with Crippen LogP contribution in [0.3, 0.4) is 0 Å². The number of rotatable bonds is 50. The summed E-state index contributed by atoms with van der Waals surface area (Å²) in [5.74, 6) is -2.00. The first-order chi connectivity index (χ1) is 30.6. The number of carbonyl (C=O) groups is 3. The lowest BCUT2D eigenvalue weighted by Crippen LogP contribution is -2.40. The van der Waals surface area contributed by atoms with E-state index in [9.17, 15) is 19.5 Å². The molecule has 0 aliphatic rings. The van der Waals surface area contributed by atoms with E-state index in [1.54, 1.807) is 0 Å². The van der Waals surface area contributed by atoms with Gasteiger partial charge >= 0.3 is 17.9 Å². The van der Waals surface area contributed by atoms with Crippen molar-refractivity contribution in [2.75, 3.05) is 47.5 Å². The summed E-state index contributed by atoms with van der Waals surface area (Å²) in [6, 6.07) is 0. The zero-order valence-corrected chi connectivity index (χ0v) is 42.3. The Morgan fingerprint density at radius 2 is 0.810 bits per heavy atom. The number of unbranched alkanes of at least 4 members (excludes halogenated alkanes) is 33. The van der Waals surface area contributed by atoms with Gasteiger partial charge in [0.15, 0.2) is 6.10 Å². The summed E-state index contributed by atoms with van der Waals surface area (Å²) >= 11 is 0. The van der Waals surface area contributed by atoms with E-state index < -0.39 is 24.3 Å². The molecule has 372 valence electrons. The molecule has 0 aliphatic heterocycles. The summed E-state index contributed by atoms with van der Waals surface area (Å²) in [4.78, 5) is 37.2. The first-order valence-electron chi connectivity index (χ1n) is 26.9. The molecule has 1 N–H and O–H groups in total. The van der Waals surface area contributed by atoms with Crippen LogP contribution in [-0.4, -0.2) is 87.4 Å². The molecule has 9 heteroatoms. The Bertz CT molecular complexity index is 1040. The molecule has 0 rings (SSSR count). The quantitative estimate of drug-likeness (QED) is 0.0211. The number of allylic oxidation sites excluding steroid dienone is 2. The van der Waals surface area contributed by atoms with Crippen LogP contribution >= 0.6 is 0 Å². The van der Waals surface area contributed by atoms with Crippen molar-refractivity contribution in [3.05, 3.63) is 12.2 Å². The van der Waals surface area contributed by atoms with Gasteiger partial charge in [0.2, 0.25) is 0 Å². The number of quaternary nitrogens is 1. The minimum atomic E-state index is -1.51. The van der Waals surface area contributed by atoms with Gasteiger partial charge in [-0.25, -0.2) is 4.79 Å². The van der Waals surface area contributed by atoms with Gasteiger partial charge in [-0.05, 0) is 38.5 Å². The molecule has 0 saturated carbocycles. The Hall–Kier alpha value is -1.97. The first kappa shape index (κ1) is 61.0. The number of esters is 2. The Morgan fingerprint density at radius 1 is 0.460 bits per heavy atom. The number of carbonyl (C=O) groups excluding carboxylic acids is 2. The van der Waals surface area contributed by atoms with Crippen molar-refractivity contribution in [2.24, 2.45) is 0 Å². The van der Waals surface area contributed by atoms with E-state index in [1.807, 2.05) is 21.1 Å². The Balaban J connectivity index is 4.13. The predicted molar refractivity (Wildman–Crippen MR) is 263 cm³/mol. The molecule has 9 nitrogen and oxygen atoms in total. The average Bonchev–Trinajstić information content (AvgIpc) is 3.24. The Kier molecular flexibility index (Phi) is 45.1. The van der Waals surface area contributed by atoms with Crippen LogP contribution in [0.2, 0.25) is 0 Å². The standard InChI is InChI=1S/C54H103NO8/c1-6-8-10-12-14-16-18-20-21-22-23-24-25-26-27-28-29-30-31-32-33-35-36-38-40-42-44-51(56)61-48-50(49-62-54(53(58)59)60-47-46-55(3,4)5)63-52(57)45-43-41-39-37-34-19-17-15-13-11-9-7-2/h15,17,50,54H,6-14,16,18-49H2,1-5H3/p+1/b17-15-. The zero-order chi connectivity index (χ0) is 46.3. The lowest BCUT2D eigenvalue weighted by molar-refractivity contribution is -0.870. The second-order valence-corrected chi connectivity index (χ2v) is 19.5. The number of aliphatic carboxylic acids is 1. The van der Waals surface area contributed by atoms with Crippen LogP contribution in [0.15, 0.2) is 12.2 Å². The highest BCUT2D eigenvalue weighted by Crippen LogP contribution is 2.17. The molecular formula is C54H104NO8+. The molecule has 63 heavy (non-hydrogen) atoms. The van der Waals surface area contributed by atoms with Gasteiger partial charge in [-0.15, -0.1) is 0 Å². The number of carboxylic acid groups (broad SMARTS) is 1. The Morgan fingerprint density at radius 3 is 1.21 bits per heavy atom. The molecule has 0 bridgehead atoms. The maximum atomic E-state index is 12.8. The van der Waals surface area contributed by atoms with Crippen LogP contribution in [0.4, 0.5) is 0 Å². The minimum Gasteiger partial charge on any atom is -0.477 e. The zero-order valence-electron chi connectivity index (χ0n) is 42.3. The van der Waals surface area contributed by atoms with Crippen molar-refractivity contribution >= 4 is 17.9 Å². The molecule has 0 amide bonds. The van der Waals surface area contributed by atoms with Crippen LogP contribution < -0.4 is 0 Å². The fourth-order valence-corrected chi connectivity index (χ4v) is 7.83. The second kappa shape index (κ2) is 46.6. The van der Waals surface area contributed by atoms with Crippen molar-refractivity contribution in [1.82, 2.24) is 0 Å². The lowest BCUT2D eigenvalue weighted by Gasteiger charge is -2.25. The molecule has 0 saturated heterocycles. The van der Waals surface area contributed by atoms with E-state index in [-0.39, 0.29) is 32.2 Å². The van der Waals surface area contributed by atoms with Gasteiger partial charge < -0.3 is 28.5 Å². The third-order valence-electron chi connectivity index (χ3n) is 12.0. The number of hydrogen-bond donors (Lipinski definition) is 1. The summed E-state index contributed by atoms with van der Waals surface area (Å²) in [5, 5.41) is 9.65. The summed E-state index contributed by atoms with van der Waals surface area (Å²) in [5.41, 5.74) is 0. The van der Waals surface area contributed by atoms with E-state index >= 15 is 0 Å². The van der Waals surface area contributed by atoms with Crippen LogP contribution in [0.5, 0.6) is 0 Å². The molecule has 0 radical (unpaired) electrons. The fourth-order valence-electron chi connectivity index (χ4n) is 7.83. The highest BCUT2D eigenvalue weighted by Gasteiger charge is 2.25. The number of likely N-dealkylation sites (N-methyl/N-ethyl adjacent to an activating group) is 1. The van der Waals surface area contributed by atoms with Gasteiger partial charge in [-0.1, -0.05) is 219 Å². The number of ether oxygens (including phenoxy) is 4. The van der Waals surface area contributed by atoms with Gasteiger partial charge in [-0.2, -0.15) is 0 Å². The number of carboxylic acids is 1. The number of nitrogens with zero attached hydrogens (tertiary/aromatic N) is 1. The normalized spacial score (nSPS) is 12.8. The Labute approximate surface area is 389 Å². The molecule has 0 aliphatic carbocycles. The molecule has 2 atom stereocenters. The highest BCUT2D eigenvalue weighted by molar-refractivity contribution is 5.71. The summed E-state index contributed by atoms with van der Waals surface area (Å²) in [6.45, 7) is 4.88. The van der Waals surface area contributed by atoms with E-state index in [4.69, 9.17) is 18.9 Å². The molecular weight excluding hydrogens is 791 g/mol. The van der Waals surface area contributed by atoms with Crippen LogP contribution in [0.1, 0.15) is 258 Å². The lowest BCUT2D eigenvalue weighted by atomic mass is 10.0. The molecule has 0 heterocycles. The van der Waals surface area contributed by atoms with Crippen molar-refractivity contribution in [1.29, 1.82) is 0 Å². The van der Waals surface area contributed by atoms with Crippen molar-refractivity contribution in [3.63, 3.8) is 0 Å². The summed E-state index contributed by atoms with van der Waals surface area (Å²) < 4.78 is 22.8. The minimum absolute atomic E-state index is 0.179. The van der Waals surface area contributed by atoms with E-state index in [0.29, 0.717) is 23.9 Å². The van der Waals surface area contributed by atoms with Gasteiger partial charge in [0.05, 0.1) is 34.4 Å². The van der Waals surface area contributed by atoms with E-state index in [2.05, 4.69) is 26.0 Å². The predicted octanol–water partition coefficient (Wildman–Crippen LogP) is 15.0. The third-order valence-corrected chi connectivity index (χ3v) is 12.0. The molecule has 2 unspecified atom stereocenters. The monoisotopic (exact) mass is 895 g/mol. The van der Waals surface area contributed by atoms with Gasteiger partial charge in [0, 0.05) is 12.8 Å². The van der Waals surface area contributed by atoms with E-state index in [1.165, 1.54) is 173 Å². The molecule has 0 spiro atoms. The summed E-state index contributed by atoms with van der Waals surface area (Å²) in [6.07, 6.45) is 48.7. The van der Waals surface area contributed by atoms with Gasteiger partial charge in [0.25, 0.3) is 6.29 Å². The molecule has 0 aromatic carbocycles. The highest BCUT2D eigenvalue weighted by atomic mass is 16.7. The van der Waals surface area contributed by atoms with Gasteiger partial charge in [-0.3, -0.25) is 9.59 Å². The average molecular weight is 895 g/mol. The first-order valence-corrected chi connectivity index (χ1v) is 26.9. The summed E-state index contributed by atoms with van der Waals surface area (Å²) in [7, 11) is 5.96. The maximum Gasteiger partial charge on any atom is 0.361 e. The van der Waals surface area contributed by atoms with E-state index in [0.717, 1.165) is 51.4 Å². The molecule has 0 aromatic rings. The largest absolute Gasteiger partial charge is 0.477 e. The SMILES string of the molecule is CCCCC/C=C\CCCCCCCC(=O)OC(COC(=O)CCCCCCCCCCCCCCCCCCCCCCCCCCCC)COC(OCC[N+](C)(C)C)C(=O)O. The molecule has 0 aromatic heterocycles. The molecule has 0 fully saturated rings. The second-order valence-electron chi connectivity index (χ2n) is 19.5. The third kappa shape index (κ3) is 47.8. The van der Waals surface area contributed by atoms with Gasteiger partial charge in [0.1, 0.15) is 13.2 Å². The van der Waals surface area contributed by atoms with Crippen LogP contribution in [-0.2, 0) is 33.3 Å². The van der Waals surface area contributed by atoms with Crippen LogP contribution in [0.25, 0.3) is 0 Å². The van der Waals surface area contributed by atoms with Crippen LogP contribution in [0, 0.1) is 0 Å². The number of hydrogen-bond acceptors (Lipinski definition) is 7.